The van der Waals surface area contributed by atoms with Crippen molar-refractivity contribution in [3.05, 3.63) is 35.4 Å². The smallest absolute Gasteiger partial charge is 0.162 e. The third kappa shape index (κ3) is 4.16. The van der Waals surface area contributed by atoms with Gasteiger partial charge in [-0.2, -0.15) is 11.8 Å². The molecular weight excluding hydrogens is 266 g/mol. The van der Waals surface area contributed by atoms with Crippen molar-refractivity contribution in [2.24, 2.45) is 11.8 Å². The Hall–Kier alpha value is -0.650. The van der Waals surface area contributed by atoms with Crippen LogP contribution < -0.4 is 11.3 Å². The van der Waals surface area contributed by atoms with E-state index in [4.69, 9.17) is 5.84 Å². The molecule has 1 fully saturated rings. The summed E-state index contributed by atoms with van der Waals surface area (Å²) in [4.78, 5) is 0. The van der Waals surface area contributed by atoms with Gasteiger partial charge in [-0.05, 0) is 54.7 Å². The fraction of sp³-hybridized carbons (Fsp3) is 0.571. The van der Waals surface area contributed by atoms with Gasteiger partial charge in [-0.3, -0.25) is 11.3 Å². The Morgan fingerprint density at radius 2 is 2.05 bits per heavy atom. The van der Waals surface area contributed by atoms with Gasteiger partial charge in [-0.1, -0.05) is 12.1 Å². The number of rotatable bonds is 5. The van der Waals surface area contributed by atoms with Crippen LogP contribution in [0.1, 0.15) is 24.8 Å². The van der Waals surface area contributed by atoms with Crippen LogP contribution in [0.4, 0.5) is 8.78 Å². The predicted molar refractivity (Wildman–Crippen MR) is 75.8 cm³/mol. The second kappa shape index (κ2) is 7.22. The van der Waals surface area contributed by atoms with Gasteiger partial charge in [0.25, 0.3) is 0 Å². The first-order chi connectivity index (χ1) is 9.20. The maximum absolute atomic E-state index is 13.6. The largest absolute Gasteiger partial charge is 0.271 e. The minimum atomic E-state index is -0.790. The number of hydrogen-bond donors (Lipinski definition) is 2. The van der Waals surface area contributed by atoms with Gasteiger partial charge in [-0.25, -0.2) is 8.78 Å². The summed E-state index contributed by atoms with van der Waals surface area (Å²) in [6.45, 7) is 0. The number of halogens is 2. The van der Waals surface area contributed by atoms with Crippen molar-refractivity contribution in [3.63, 3.8) is 0 Å². The van der Waals surface area contributed by atoms with Gasteiger partial charge in [0, 0.05) is 6.04 Å². The van der Waals surface area contributed by atoms with Gasteiger partial charge in [0.1, 0.15) is 0 Å². The Morgan fingerprint density at radius 3 is 2.74 bits per heavy atom. The Bertz CT molecular complexity index is 408. The third-order valence-corrected chi connectivity index (χ3v) is 4.74. The molecule has 1 aliphatic heterocycles. The number of hydrogen-bond acceptors (Lipinski definition) is 3. The summed E-state index contributed by atoms with van der Waals surface area (Å²) in [5.74, 6) is 7.04. The molecule has 1 atom stereocenters. The molecule has 2 nitrogen and oxygen atoms in total. The highest BCUT2D eigenvalue weighted by atomic mass is 32.2. The van der Waals surface area contributed by atoms with E-state index in [-0.39, 0.29) is 6.04 Å². The molecule has 0 bridgehead atoms. The summed E-state index contributed by atoms with van der Waals surface area (Å²) in [7, 11) is 0. The Labute approximate surface area is 117 Å². The van der Waals surface area contributed by atoms with Crippen LogP contribution in [-0.4, -0.2) is 17.5 Å². The van der Waals surface area contributed by atoms with Crippen molar-refractivity contribution in [2.45, 2.75) is 31.7 Å². The molecule has 106 valence electrons. The van der Waals surface area contributed by atoms with Crippen molar-refractivity contribution in [1.29, 1.82) is 0 Å². The fourth-order valence-corrected chi connectivity index (χ4v) is 3.77. The highest BCUT2D eigenvalue weighted by Crippen LogP contribution is 2.27. The summed E-state index contributed by atoms with van der Waals surface area (Å²) in [5, 5.41) is 0. The van der Waals surface area contributed by atoms with E-state index in [0.717, 1.165) is 12.5 Å². The molecule has 1 aliphatic rings. The van der Waals surface area contributed by atoms with Crippen molar-refractivity contribution in [3.8, 4) is 0 Å². The zero-order valence-corrected chi connectivity index (χ0v) is 11.7. The molecule has 0 radical (unpaired) electrons. The summed E-state index contributed by atoms with van der Waals surface area (Å²) in [5.41, 5.74) is 3.15. The van der Waals surface area contributed by atoms with Crippen LogP contribution in [0, 0.1) is 17.6 Å². The molecule has 1 saturated heterocycles. The van der Waals surface area contributed by atoms with Gasteiger partial charge in [0.2, 0.25) is 0 Å². The lowest BCUT2D eigenvalue weighted by Gasteiger charge is -2.26. The number of benzene rings is 1. The molecule has 0 spiro atoms. The first-order valence-corrected chi connectivity index (χ1v) is 7.83. The lowest BCUT2D eigenvalue weighted by Crippen LogP contribution is -2.39. The Kier molecular flexibility index (Phi) is 5.60. The van der Waals surface area contributed by atoms with Crippen molar-refractivity contribution in [1.82, 2.24) is 5.43 Å². The molecule has 0 amide bonds. The summed E-state index contributed by atoms with van der Waals surface area (Å²) >= 11 is 1.98. The van der Waals surface area contributed by atoms with Crippen molar-refractivity contribution < 1.29 is 8.78 Å². The van der Waals surface area contributed by atoms with E-state index in [2.05, 4.69) is 5.43 Å². The zero-order valence-electron chi connectivity index (χ0n) is 10.9. The molecule has 1 aromatic rings. The minimum absolute atomic E-state index is 0.00407. The lowest BCUT2D eigenvalue weighted by molar-refractivity contribution is 0.361. The van der Waals surface area contributed by atoms with Crippen LogP contribution in [0.5, 0.6) is 0 Å². The predicted octanol–water partition coefficient (Wildman–Crippen LogP) is 2.87. The summed E-state index contributed by atoms with van der Waals surface area (Å²) < 4.78 is 26.8. The van der Waals surface area contributed by atoms with Gasteiger partial charge >= 0.3 is 0 Å². The normalized spacial score (nSPS) is 18.5. The SMILES string of the molecule is NNC(Cc1cccc(F)c1F)CC1CCSCC1. The average Bonchev–Trinajstić information content (AvgIpc) is 2.44. The fourth-order valence-electron chi connectivity index (χ4n) is 2.57. The molecule has 5 heteroatoms. The van der Waals surface area contributed by atoms with Crippen LogP contribution in [0.3, 0.4) is 0 Å². The molecule has 0 aromatic heterocycles. The van der Waals surface area contributed by atoms with Gasteiger partial charge in [0.05, 0.1) is 0 Å². The van der Waals surface area contributed by atoms with Gasteiger partial charge in [-0.15, -0.1) is 0 Å². The first kappa shape index (κ1) is 14.8. The quantitative estimate of drug-likeness (QED) is 0.645. The van der Waals surface area contributed by atoms with E-state index in [1.165, 1.54) is 24.3 Å². The molecular formula is C14H20F2N2S. The Balaban J connectivity index is 1.96. The van der Waals surface area contributed by atoms with Gasteiger partial charge in [0.15, 0.2) is 11.6 Å². The second-order valence-electron chi connectivity index (χ2n) is 5.07. The van der Waals surface area contributed by atoms with Gasteiger partial charge < -0.3 is 0 Å². The number of nitrogens with one attached hydrogen (secondary N) is 1. The second-order valence-corrected chi connectivity index (χ2v) is 6.30. The highest BCUT2D eigenvalue weighted by molar-refractivity contribution is 7.99. The topological polar surface area (TPSA) is 38.0 Å². The third-order valence-electron chi connectivity index (χ3n) is 3.69. The first-order valence-electron chi connectivity index (χ1n) is 6.67. The van der Waals surface area contributed by atoms with Crippen LogP contribution in [0.2, 0.25) is 0 Å². The number of nitrogens with two attached hydrogens (primary N) is 1. The number of hydrazine groups is 1. The molecule has 2 rings (SSSR count). The summed E-state index contributed by atoms with van der Waals surface area (Å²) in [6, 6.07) is 4.31. The van der Waals surface area contributed by atoms with E-state index in [1.54, 1.807) is 12.1 Å². The highest BCUT2D eigenvalue weighted by Gasteiger charge is 2.20. The maximum atomic E-state index is 13.6. The molecule has 1 unspecified atom stereocenters. The molecule has 0 saturated carbocycles. The van der Waals surface area contributed by atoms with Crippen LogP contribution >= 0.6 is 11.8 Å². The van der Waals surface area contributed by atoms with Crippen LogP contribution in [0.25, 0.3) is 0 Å². The molecule has 19 heavy (non-hydrogen) atoms. The zero-order chi connectivity index (χ0) is 13.7. The van der Waals surface area contributed by atoms with E-state index in [1.807, 2.05) is 11.8 Å². The summed E-state index contributed by atoms with van der Waals surface area (Å²) in [6.07, 6.45) is 3.74. The number of thioether (sulfide) groups is 1. The van der Waals surface area contributed by atoms with E-state index in [0.29, 0.717) is 17.9 Å². The standard InChI is InChI=1S/C14H20F2N2S/c15-13-3-1-2-11(14(13)16)9-12(18-17)8-10-4-6-19-7-5-10/h1-3,10,12,18H,4-9,17H2. The van der Waals surface area contributed by atoms with E-state index < -0.39 is 11.6 Å². The van der Waals surface area contributed by atoms with Crippen LogP contribution in [-0.2, 0) is 6.42 Å². The van der Waals surface area contributed by atoms with E-state index in [9.17, 15) is 8.78 Å². The van der Waals surface area contributed by atoms with Crippen molar-refractivity contribution in [2.75, 3.05) is 11.5 Å². The van der Waals surface area contributed by atoms with E-state index >= 15 is 0 Å². The average molecular weight is 286 g/mol. The molecule has 0 aliphatic carbocycles. The molecule has 3 N–H and O–H groups in total. The van der Waals surface area contributed by atoms with Crippen LogP contribution in [0.15, 0.2) is 18.2 Å². The monoisotopic (exact) mass is 286 g/mol. The van der Waals surface area contributed by atoms with Crippen molar-refractivity contribution >= 4 is 11.8 Å². The maximum Gasteiger partial charge on any atom is 0.162 e. The Morgan fingerprint density at radius 1 is 1.32 bits per heavy atom. The molecule has 1 aromatic carbocycles. The lowest BCUT2D eigenvalue weighted by atomic mass is 9.91. The minimum Gasteiger partial charge on any atom is -0.271 e. The molecule has 1 heterocycles.